The van der Waals surface area contributed by atoms with Crippen LogP contribution in [0, 0.1) is 0 Å². The lowest BCUT2D eigenvalue weighted by Crippen LogP contribution is -2.17. The third-order valence-corrected chi connectivity index (χ3v) is 1.85. The minimum Gasteiger partial charge on any atom is -0.409 e. The van der Waals surface area contributed by atoms with Gasteiger partial charge >= 0.3 is 0 Å². The maximum absolute atomic E-state index is 8.57. The van der Waals surface area contributed by atoms with Gasteiger partial charge in [-0.3, -0.25) is 4.98 Å². The molecule has 0 spiro atoms. The first-order valence-corrected chi connectivity index (χ1v) is 4.79. The molecule has 0 unspecified atom stereocenters. The summed E-state index contributed by atoms with van der Waals surface area (Å²) in [5, 5.41) is 11.5. The molecule has 0 radical (unpaired) electrons. The Labute approximate surface area is 88.6 Å². The molecule has 0 saturated heterocycles. The molecular formula is C10H15N3O2. The van der Waals surface area contributed by atoms with E-state index in [1.807, 2.05) is 13.0 Å². The Bertz CT molecular complexity index is 339. The molecule has 0 aromatic carbocycles. The fraction of sp³-hybridized carbons (Fsp3) is 0.400. The molecule has 5 heteroatoms. The SMILES string of the molecule is CCCOCc1cccnc1C(N)=NO. The van der Waals surface area contributed by atoms with Gasteiger partial charge in [0, 0.05) is 18.4 Å². The van der Waals surface area contributed by atoms with Crippen molar-refractivity contribution in [2.45, 2.75) is 20.0 Å². The van der Waals surface area contributed by atoms with Crippen LogP contribution in [0.1, 0.15) is 24.6 Å². The summed E-state index contributed by atoms with van der Waals surface area (Å²) in [6.45, 7) is 3.14. The highest BCUT2D eigenvalue weighted by Gasteiger charge is 2.07. The van der Waals surface area contributed by atoms with E-state index < -0.39 is 0 Å². The van der Waals surface area contributed by atoms with Gasteiger partial charge in [0.05, 0.1) is 6.61 Å². The predicted octanol–water partition coefficient (Wildman–Crippen LogP) is 1.10. The van der Waals surface area contributed by atoms with Crippen molar-refractivity contribution in [3.8, 4) is 0 Å². The summed E-state index contributed by atoms with van der Waals surface area (Å²) in [5.74, 6) is 0.00528. The molecule has 1 rings (SSSR count). The van der Waals surface area contributed by atoms with E-state index in [0.717, 1.165) is 12.0 Å². The lowest BCUT2D eigenvalue weighted by atomic mass is 10.2. The molecule has 0 aliphatic heterocycles. The zero-order valence-corrected chi connectivity index (χ0v) is 8.68. The molecule has 0 atom stereocenters. The molecule has 1 aromatic heterocycles. The molecule has 82 valence electrons. The number of nitrogens with two attached hydrogens (primary N) is 1. The maximum Gasteiger partial charge on any atom is 0.189 e. The average molecular weight is 209 g/mol. The number of aromatic nitrogens is 1. The van der Waals surface area contributed by atoms with Gasteiger partial charge < -0.3 is 15.7 Å². The van der Waals surface area contributed by atoms with Crippen LogP contribution in [-0.2, 0) is 11.3 Å². The summed E-state index contributed by atoms with van der Waals surface area (Å²) >= 11 is 0. The molecular weight excluding hydrogens is 194 g/mol. The van der Waals surface area contributed by atoms with E-state index in [0.29, 0.717) is 18.9 Å². The van der Waals surface area contributed by atoms with Crippen LogP contribution in [0.4, 0.5) is 0 Å². The third kappa shape index (κ3) is 3.21. The Kier molecular flexibility index (Phi) is 4.56. The van der Waals surface area contributed by atoms with E-state index in [-0.39, 0.29) is 5.84 Å². The second kappa shape index (κ2) is 5.98. The molecule has 1 heterocycles. The third-order valence-electron chi connectivity index (χ3n) is 1.85. The zero-order valence-electron chi connectivity index (χ0n) is 8.68. The highest BCUT2D eigenvalue weighted by molar-refractivity contribution is 5.96. The lowest BCUT2D eigenvalue weighted by molar-refractivity contribution is 0.121. The molecule has 0 saturated carbocycles. The van der Waals surface area contributed by atoms with E-state index in [1.165, 1.54) is 0 Å². The summed E-state index contributed by atoms with van der Waals surface area (Å²) < 4.78 is 5.37. The summed E-state index contributed by atoms with van der Waals surface area (Å²) in [6, 6.07) is 3.63. The van der Waals surface area contributed by atoms with Crippen LogP contribution < -0.4 is 5.73 Å². The first-order chi connectivity index (χ1) is 7.29. The number of pyridine rings is 1. The topological polar surface area (TPSA) is 80.7 Å². The van der Waals surface area contributed by atoms with Gasteiger partial charge in [-0.2, -0.15) is 0 Å². The van der Waals surface area contributed by atoms with Crippen LogP contribution in [0.5, 0.6) is 0 Å². The van der Waals surface area contributed by atoms with Crippen molar-refractivity contribution >= 4 is 5.84 Å². The molecule has 5 nitrogen and oxygen atoms in total. The summed E-state index contributed by atoms with van der Waals surface area (Å²) in [6.07, 6.45) is 2.55. The predicted molar refractivity (Wildman–Crippen MR) is 56.7 cm³/mol. The Morgan fingerprint density at radius 1 is 1.67 bits per heavy atom. The Morgan fingerprint density at radius 3 is 3.13 bits per heavy atom. The largest absolute Gasteiger partial charge is 0.409 e. The lowest BCUT2D eigenvalue weighted by Gasteiger charge is -2.06. The van der Waals surface area contributed by atoms with Gasteiger partial charge in [0.1, 0.15) is 5.69 Å². The minimum absolute atomic E-state index is 0.00528. The van der Waals surface area contributed by atoms with Gasteiger partial charge in [0.2, 0.25) is 0 Å². The van der Waals surface area contributed by atoms with E-state index >= 15 is 0 Å². The zero-order chi connectivity index (χ0) is 11.1. The molecule has 0 aliphatic carbocycles. The monoisotopic (exact) mass is 209 g/mol. The van der Waals surface area contributed by atoms with Crippen molar-refractivity contribution in [2.75, 3.05) is 6.61 Å². The standard InChI is InChI=1S/C10H15N3O2/c1-2-6-15-7-8-4-3-5-12-9(8)10(11)13-14/h3-5,14H,2,6-7H2,1H3,(H2,11,13). The number of hydrogen-bond acceptors (Lipinski definition) is 4. The van der Waals surface area contributed by atoms with E-state index in [1.54, 1.807) is 12.3 Å². The highest BCUT2D eigenvalue weighted by atomic mass is 16.5. The first-order valence-electron chi connectivity index (χ1n) is 4.79. The fourth-order valence-corrected chi connectivity index (χ4v) is 1.16. The Morgan fingerprint density at radius 2 is 2.47 bits per heavy atom. The Hall–Kier alpha value is -1.62. The first kappa shape index (κ1) is 11.5. The number of amidine groups is 1. The van der Waals surface area contributed by atoms with Gasteiger partial charge in [-0.15, -0.1) is 0 Å². The molecule has 3 N–H and O–H groups in total. The maximum atomic E-state index is 8.57. The molecule has 0 amide bonds. The van der Waals surface area contributed by atoms with Gasteiger partial charge in [-0.05, 0) is 12.5 Å². The van der Waals surface area contributed by atoms with E-state index in [2.05, 4.69) is 10.1 Å². The quantitative estimate of drug-likeness (QED) is 0.250. The smallest absolute Gasteiger partial charge is 0.189 e. The second-order valence-corrected chi connectivity index (χ2v) is 3.05. The molecule has 0 aliphatic rings. The number of oxime groups is 1. The van der Waals surface area contributed by atoms with Gasteiger partial charge in [0.25, 0.3) is 0 Å². The van der Waals surface area contributed by atoms with E-state index in [4.69, 9.17) is 15.7 Å². The molecule has 0 bridgehead atoms. The second-order valence-electron chi connectivity index (χ2n) is 3.05. The van der Waals surface area contributed by atoms with Gasteiger partial charge in [-0.25, -0.2) is 0 Å². The number of nitrogens with zero attached hydrogens (tertiary/aromatic N) is 2. The Balaban J connectivity index is 2.77. The summed E-state index contributed by atoms with van der Waals surface area (Å²) in [4.78, 5) is 4.03. The normalized spacial score (nSPS) is 11.7. The fourth-order valence-electron chi connectivity index (χ4n) is 1.16. The van der Waals surface area contributed by atoms with Crippen LogP contribution in [-0.4, -0.2) is 22.6 Å². The number of rotatable bonds is 5. The van der Waals surface area contributed by atoms with Crippen LogP contribution in [0.3, 0.4) is 0 Å². The van der Waals surface area contributed by atoms with Crippen molar-refractivity contribution in [1.82, 2.24) is 4.98 Å². The molecule has 0 fully saturated rings. The number of ether oxygens (including phenoxy) is 1. The molecule has 15 heavy (non-hydrogen) atoms. The van der Waals surface area contributed by atoms with Crippen LogP contribution in [0.25, 0.3) is 0 Å². The summed E-state index contributed by atoms with van der Waals surface area (Å²) in [5.41, 5.74) is 6.77. The van der Waals surface area contributed by atoms with Crippen molar-refractivity contribution in [3.05, 3.63) is 29.6 Å². The van der Waals surface area contributed by atoms with E-state index in [9.17, 15) is 0 Å². The molecule has 1 aromatic rings. The average Bonchev–Trinajstić information content (AvgIpc) is 2.29. The van der Waals surface area contributed by atoms with Crippen molar-refractivity contribution in [2.24, 2.45) is 10.9 Å². The van der Waals surface area contributed by atoms with Crippen LogP contribution >= 0.6 is 0 Å². The summed E-state index contributed by atoms with van der Waals surface area (Å²) in [7, 11) is 0. The van der Waals surface area contributed by atoms with Crippen molar-refractivity contribution in [3.63, 3.8) is 0 Å². The number of hydrogen-bond donors (Lipinski definition) is 2. The van der Waals surface area contributed by atoms with Crippen molar-refractivity contribution in [1.29, 1.82) is 0 Å². The minimum atomic E-state index is 0.00528. The van der Waals surface area contributed by atoms with Crippen molar-refractivity contribution < 1.29 is 9.94 Å². The van der Waals surface area contributed by atoms with Gasteiger partial charge in [0.15, 0.2) is 5.84 Å². The highest BCUT2D eigenvalue weighted by Crippen LogP contribution is 2.06. The van der Waals surface area contributed by atoms with Crippen LogP contribution in [0.2, 0.25) is 0 Å². The van der Waals surface area contributed by atoms with Gasteiger partial charge in [-0.1, -0.05) is 18.1 Å². The van der Waals surface area contributed by atoms with Crippen LogP contribution in [0.15, 0.2) is 23.5 Å².